The predicted molar refractivity (Wildman–Crippen MR) is 70.7 cm³/mol. The number of primary amides is 1. The van der Waals surface area contributed by atoms with Crippen molar-refractivity contribution in [3.63, 3.8) is 0 Å². The number of amides is 2. The van der Waals surface area contributed by atoms with Crippen molar-refractivity contribution in [3.05, 3.63) is 35.6 Å². The average molecular weight is 266 g/mol. The maximum Gasteiger partial charge on any atom is 0.239 e. The smallest absolute Gasteiger partial charge is 0.239 e. The number of halogens is 1. The molecule has 0 radical (unpaired) electrons. The van der Waals surface area contributed by atoms with Crippen molar-refractivity contribution < 1.29 is 14.0 Å². The molecular formula is C14H19FN2O2. The van der Waals surface area contributed by atoms with E-state index in [0.717, 1.165) is 5.56 Å². The molecule has 4 nitrogen and oxygen atoms in total. The maximum atomic E-state index is 13.0. The lowest BCUT2D eigenvalue weighted by molar-refractivity contribution is -0.127. The zero-order valence-electron chi connectivity index (χ0n) is 11.2. The molecule has 1 aromatic rings. The molecule has 0 spiro atoms. The number of carbonyl (C=O) groups is 2. The Morgan fingerprint density at radius 2 is 2.05 bits per heavy atom. The van der Waals surface area contributed by atoms with Crippen LogP contribution in [0.25, 0.3) is 0 Å². The summed E-state index contributed by atoms with van der Waals surface area (Å²) in [6.45, 7) is 3.44. The van der Waals surface area contributed by atoms with E-state index in [2.05, 4.69) is 5.32 Å². The molecule has 0 bridgehead atoms. The highest BCUT2D eigenvalue weighted by atomic mass is 19.1. The summed E-state index contributed by atoms with van der Waals surface area (Å²) in [7, 11) is 0. The van der Waals surface area contributed by atoms with Gasteiger partial charge in [-0.1, -0.05) is 19.1 Å². The third kappa shape index (κ3) is 5.50. The molecule has 2 amide bonds. The minimum absolute atomic E-state index is 0.0573. The van der Waals surface area contributed by atoms with Crippen molar-refractivity contribution in [3.8, 4) is 0 Å². The van der Waals surface area contributed by atoms with Crippen LogP contribution in [0.3, 0.4) is 0 Å². The fourth-order valence-corrected chi connectivity index (χ4v) is 1.83. The number of hydrogen-bond acceptors (Lipinski definition) is 2. The minimum atomic E-state index is -0.672. The fraction of sp³-hybridized carbons (Fsp3) is 0.429. The van der Waals surface area contributed by atoms with Gasteiger partial charge >= 0.3 is 0 Å². The van der Waals surface area contributed by atoms with Crippen molar-refractivity contribution in [2.45, 2.75) is 32.7 Å². The van der Waals surface area contributed by atoms with Gasteiger partial charge in [0.25, 0.3) is 0 Å². The van der Waals surface area contributed by atoms with Crippen molar-refractivity contribution in [2.75, 3.05) is 0 Å². The van der Waals surface area contributed by atoms with Gasteiger partial charge in [0.1, 0.15) is 11.9 Å². The molecule has 104 valence electrons. The highest BCUT2D eigenvalue weighted by molar-refractivity contribution is 5.86. The molecule has 5 heteroatoms. The van der Waals surface area contributed by atoms with E-state index >= 15 is 0 Å². The molecule has 19 heavy (non-hydrogen) atoms. The molecule has 2 atom stereocenters. The van der Waals surface area contributed by atoms with Gasteiger partial charge in [-0.2, -0.15) is 0 Å². The lowest BCUT2D eigenvalue weighted by atomic mass is 9.97. The Morgan fingerprint density at radius 1 is 1.37 bits per heavy atom. The second kappa shape index (κ2) is 6.87. The first-order valence-electron chi connectivity index (χ1n) is 6.21. The highest BCUT2D eigenvalue weighted by Gasteiger charge is 2.15. The van der Waals surface area contributed by atoms with Crippen molar-refractivity contribution in [1.29, 1.82) is 0 Å². The molecule has 0 saturated carbocycles. The molecule has 0 saturated heterocycles. The normalized spacial score (nSPS) is 13.6. The number of nitrogens with one attached hydrogen (secondary N) is 1. The van der Waals surface area contributed by atoms with E-state index in [4.69, 9.17) is 5.73 Å². The van der Waals surface area contributed by atoms with Gasteiger partial charge in [0.15, 0.2) is 0 Å². The van der Waals surface area contributed by atoms with E-state index in [1.54, 1.807) is 6.07 Å². The summed E-state index contributed by atoms with van der Waals surface area (Å²) in [5.74, 6) is -1.01. The number of carbonyl (C=O) groups excluding carboxylic acids is 2. The summed E-state index contributed by atoms with van der Waals surface area (Å²) in [6, 6.07) is 5.64. The Kier molecular flexibility index (Phi) is 5.48. The molecule has 0 unspecified atom stereocenters. The van der Waals surface area contributed by atoms with Crippen molar-refractivity contribution >= 4 is 11.8 Å². The second-order valence-corrected chi connectivity index (χ2v) is 4.83. The van der Waals surface area contributed by atoms with Crippen LogP contribution in [0.2, 0.25) is 0 Å². The van der Waals surface area contributed by atoms with Gasteiger partial charge in [-0.05, 0) is 37.0 Å². The van der Waals surface area contributed by atoms with Crippen LogP contribution in [0.1, 0.15) is 25.8 Å². The standard InChI is InChI=1S/C14H19FN2O2/c1-9(6-11-4-3-5-12(15)8-11)7-13(18)17-10(2)14(16)19/h3-5,8-10H,6-7H2,1-2H3,(H2,16,19)(H,17,18)/t9-,10-/m1/s1. The van der Waals surface area contributed by atoms with Gasteiger partial charge in [-0.25, -0.2) is 4.39 Å². The Bertz CT molecular complexity index is 463. The van der Waals surface area contributed by atoms with Gasteiger partial charge in [0.2, 0.25) is 11.8 Å². The molecule has 3 N–H and O–H groups in total. The Hall–Kier alpha value is -1.91. The maximum absolute atomic E-state index is 13.0. The molecule has 0 aromatic heterocycles. The lowest BCUT2D eigenvalue weighted by Crippen LogP contribution is -2.42. The van der Waals surface area contributed by atoms with Crippen LogP contribution < -0.4 is 11.1 Å². The SMILES string of the molecule is C[C@@H](CC(=O)N[C@H](C)C(N)=O)Cc1cccc(F)c1. The third-order valence-electron chi connectivity index (χ3n) is 2.81. The minimum Gasteiger partial charge on any atom is -0.368 e. The van der Waals surface area contributed by atoms with Crippen LogP contribution in [0.5, 0.6) is 0 Å². The number of nitrogens with two attached hydrogens (primary N) is 1. The number of rotatable bonds is 6. The van der Waals surface area contributed by atoms with E-state index in [0.29, 0.717) is 6.42 Å². The van der Waals surface area contributed by atoms with Crippen LogP contribution in [0.4, 0.5) is 4.39 Å². The highest BCUT2D eigenvalue weighted by Crippen LogP contribution is 2.13. The van der Waals surface area contributed by atoms with Crippen LogP contribution in [0, 0.1) is 11.7 Å². The molecular weight excluding hydrogens is 247 g/mol. The summed E-state index contributed by atoms with van der Waals surface area (Å²) >= 11 is 0. The molecule has 0 aliphatic rings. The van der Waals surface area contributed by atoms with Gasteiger partial charge < -0.3 is 11.1 Å². The van der Waals surface area contributed by atoms with Gasteiger partial charge in [-0.15, -0.1) is 0 Å². The molecule has 0 aliphatic heterocycles. The summed E-state index contributed by atoms with van der Waals surface area (Å²) in [5.41, 5.74) is 5.91. The summed E-state index contributed by atoms with van der Waals surface area (Å²) in [4.78, 5) is 22.4. The molecule has 1 rings (SSSR count). The zero-order chi connectivity index (χ0) is 14.4. The Morgan fingerprint density at radius 3 is 2.63 bits per heavy atom. The van der Waals surface area contributed by atoms with Gasteiger partial charge in [0.05, 0.1) is 0 Å². The summed E-state index contributed by atoms with van der Waals surface area (Å²) in [6.07, 6.45) is 0.879. The predicted octanol–water partition coefficient (Wildman–Crippen LogP) is 1.38. The zero-order valence-corrected chi connectivity index (χ0v) is 11.2. The quantitative estimate of drug-likeness (QED) is 0.816. The first kappa shape index (κ1) is 15.1. The van der Waals surface area contributed by atoms with E-state index in [9.17, 15) is 14.0 Å². The Balaban J connectivity index is 2.45. The van der Waals surface area contributed by atoms with E-state index < -0.39 is 11.9 Å². The number of benzene rings is 1. The molecule has 0 fully saturated rings. The van der Waals surface area contributed by atoms with Gasteiger partial charge in [0, 0.05) is 6.42 Å². The monoisotopic (exact) mass is 266 g/mol. The van der Waals surface area contributed by atoms with Crippen LogP contribution in [-0.4, -0.2) is 17.9 Å². The van der Waals surface area contributed by atoms with Crippen LogP contribution in [0.15, 0.2) is 24.3 Å². The lowest BCUT2D eigenvalue weighted by Gasteiger charge is -2.14. The topological polar surface area (TPSA) is 72.2 Å². The Labute approximate surface area is 112 Å². The van der Waals surface area contributed by atoms with Crippen molar-refractivity contribution in [1.82, 2.24) is 5.32 Å². The average Bonchev–Trinajstić information content (AvgIpc) is 2.27. The molecule has 1 aromatic carbocycles. The largest absolute Gasteiger partial charge is 0.368 e. The summed E-state index contributed by atoms with van der Waals surface area (Å²) < 4.78 is 13.0. The second-order valence-electron chi connectivity index (χ2n) is 4.83. The van der Waals surface area contributed by atoms with Crippen LogP contribution >= 0.6 is 0 Å². The first-order chi connectivity index (χ1) is 8.88. The first-order valence-corrected chi connectivity index (χ1v) is 6.21. The fourth-order valence-electron chi connectivity index (χ4n) is 1.83. The van der Waals surface area contributed by atoms with Gasteiger partial charge in [-0.3, -0.25) is 9.59 Å². The van der Waals surface area contributed by atoms with Crippen LogP contribution in [-0.2, 0) is 16.0 Å². The molecule has 0 aliphatic carbocycles. The van der Waals surface area contributed by atoms with Crippen molar-refractivity contribution in [2.24, 2.45) is 11.7 Å². The summed E-state index contributed by atoms with van der Waals surface area (Å²) in [5, 5.41) is 2.52. The number of hydrogen-bond donors (Lipinski definition) is 2. The third-order valence-corrected chi connectivity index (χ3v) is 2.81. The van der Waals surface area contributed by atoms with E-state index in [1.165, 1.54) is 19.1 Å². The van der Waals surface area contributed by atoms with E-state index in [-0.39, 0.29) is 24.1 Å². The molecule has 0 heterocycles. The van der Waals surface area contributed by atoms with E-state index in [1.807, 2.05) is 13.0 Å².